The van der Waals surface area contributed by atoms with Gasteiger partial charge in [0, 0.05) is 0 Å². The second-order valence-corrected chi connectivity index (χ2v) is 16.1. The summed E-state index contributed by atoms with van der Waals surface area (Å²) in [5.41, 5.74) is 0. The molecule has 0 N–H and O–H groups in total. The van der Waals surface area contributed by atoms with Crippen molar-refractivity contribution in [2.45, 2.75) is 37.8 Å². The molecule has 6 heteroatoms. The van der Waals surface area contributed by atoms with Crippen molar-refractivity contribution in [2.75, 3.05) is 13.2 Å². The van der Waals surface area contributed by atoms with Gasteiger partial charge in [-0.2, -0.15) is 0 Å². The SMILES string of the molecule is C[Se]c1[se]c(=[Se])[se]c1CCOC1CCCCO1. The molecule has 1 saturated heterocycles. The van der Waals surface area contributed by atoms with Crippen LogP contribution < -0.4 is 3.34 Å². The van der Waals surface area contributed by atoms with E-state index in [0.29, 0.717) is 44.0 Å². The average molecular weight is 496 g/mol. The zero-order valence-electron chi connectivity index (χ0n) is 9.77. The first-order valence-corrected chi connectivity index (χ1v) is 12.5. The van der Waals surface area contributed by atoms with E-state index >= 15 is 0 Å². The Morgan fingerprint density at radius 1 is 1.47 bits per heavy atom. The summed E-state index contributed by atoms with van der Waals surface area (Å²) < 4.78 is 16.5. The van der Waals surface area contributed by atoms with Crippen molar-refractivity contribution in [2.24, 2.45) is 0 Å². The summed E-state index contributed by atoms with van der Waals surface area (Å²) in [6, 6.07) is 0. The topological polar surface area (TPSA) is 18.5 Å². The molecular formula is C11H16O2Se4. The first kappa shape index (κ1) is 15.0. The number of rotatable bonds is 5. The van der Waals surface area contributed by atoms with Crippen LogP contribution >= 0.6 is 0 Å². The van der Waals surface area contributed by atoms with Crippen molar-refractivity contribution in [1.82, 2.24) is 0 Å². The normalized spacial score (nSPS) is 20.6. The number of ether oxygens (including phenoxy) is 2. The molecule has 0 radical (unpaired) electrons. The van der Waals surface area contributed by atoms with E-state index in [-0.39, 0.29) is 6.29 Å². The molecule has 17 heavy (non-hydrogen) atoms. The van der Waals surface area contributed by atoms with Crippen molar-refractivity contribution in [3.63, 3.8) is 0 Å². The molecule has 1 aromatic rings. The van der Waals surface area contributed by atoms with E-state index < -0.39 is 0 Å². The standard InChI is InChI=1S/C11H16O2Se4/c1-15-10-8(16-11(14)17-10)5-7-13-9-4-2-3-6-12-9/h9H,2-7H2,1H3. The molecule has 1 unspecified atom stereocenters. The van der Waals surface area contributed by atoms with Gasteiger partial charge in [0.15, 0.2) is 0 Å². The van der Waals surface area contributed by atoms with Gasteiger partial charge in [0.25, 0.3) is 0 Å². The molecule has 1 atom stereocenters. The van der Waals surface area contributed by atoms with Gasteiger partial charge in [-0.05, 0) is 0 Å². The second-order valence-electron chi connectivity index (χ2n) is 3.79. The molecule has 0 amide bonds. The first-order valence-electron chi connectivity index (χ1n) is 5.69. The van der Waals surface area contributed by atoms with Crippen molar-refractivity contribution < 1.29 is 9.47 Å². The predicted molar refractivity (Wildman–Crippen MR) is 73.8 cm³/mol. The van der Waals surface area contributed by atoms with E-state index in [1.807, 2.05) is 0 Å². The van der Waals surface area contributed by atoms with E-state index in [0.717, 1.165) is 26.1 Å². The molecule has 2 rings (SSSR count). The van der Waals surface area contributed by atoms with Gasteiger partial charge in [-0.1, -0.05) is 0 Å². The molecule has 96 valence electrons. The quantitative estimate of drug-likeness (QED) is 0.534. The van der Waals surface area contributed by atoms with Crippen molar-refractivity contribution in [1.29, 1.82) is 0 Å². The molecule has 1 fully saturated rings. The summed E-state index contributed by atoms with van der Waals surface area (Å²) in [6.45, 7) is 1.73. The molecule has 0 bridgehead atoms. The summed E-state index contributed by atoms with van der Waals surface area (Å²) in [4.78, 5) is 0. The van der Waals surface area contributed by atoms with E-state index in [9.17, 15) is 0 Å². The second kappa shape index (κ2) is 8.02. The van der Waals surface area contributed by atoms with Crippen LogP contribution in [0, 0.1) is 1.81 Å². The maximum atomic E-state index is 5.82. The van der Waals surface area contributed by atoms with Gasteiger partial charge < -0.3 is 0 Å². The third kappa shape index (κ3) is 4.89. The van der Waals surface area contributed by atoms with Crippen molar-refractivity contribution >= 4 is 62.9 Å². The molecule has 0 spiro atoms. The van der Waals surface area contributed by atoms with Gasteiger partial charge in [-0.3, -0.25) is 0 Å². The summed E-state index contributed by atoms with van der Waals surface area (Å²) >= 11 is 5.25. The fourth-order valence-electron chi connectivity index (χ4n) is 1.73. The monoisotopic (exact) mass is 500 g/mol. The summed E-state index contributed by atoms with van der Waals surface area (Å²) in [7, 11) is 0. The zero-order valence-corrected chi connectivity index (χ0v) is 16.6. The van der Waals surface area contributed by atoms with Crippen LogP contribution in [0.3, 0.4) is 0 Å². The average Bonchev–Trinajstić information content (AvgIpc) is 2.71. The fourth-order valence-corrected chi connectivity index (χ4v) is 15.8. The van der Waals surface area contributed by atoms with Gasteiger partial charge in [-0.15, -0.1) is 0 Å². The molecule has 0 aliphatic carbocycles. The van der Waals surface area contributed by atoms with Gasteiger partial charge in [0.05, 0.1) is 0 Å². The Balaban J connectivity index is 1.78. The van der Waals surface area contributed by atoms with Crippen LogP contribution in [0.25, 0.3) is 0 Å². The molecule has 1 aliphatic heterocycles. The van der Waals surface area contributed by atoms with Gasteiger partial charge >= 0.3 is 130 Å². The van der Waals surface area contributed by atoms with Crippen LogP contribution in [-0.4, -0.2) is 79.0 Å². The van der Waals surface area contributed by atoms with Crippen LogP contribution in [0.5, 0.6) is 0 Å². The van der Waals surface area contributed by atoms with Crippen LogP contribution in [0.1, 0.15) is 23.7 Å². The number of hydrogen-bond donors (Lipinski definition) is 0. The Labute approximate surface area is 128 Å². The Bertz CT molecular complexity index is 392. The summed E-state index contributed by atoms with van der Waals surface area (Å²) in [5, 5.41) is 0. The summed E-state index contributed by atoms with van der Waals surface area (Å²) in [6.07, 6.45) is 4.75. The molecule has 1 aliphatic rings. The van der Waals surface area contributed by atoms with Gasteiger partial charge in [0.2, 0.25) is 0 Å². The van der Waals surface area contributed by atoms with Gasteiger partial charge in [0.1, 0.15) is 0 Å². The zero-order chi connectivity index (χ0) is 12.1. The summed E-state index contributed by atoms with van der Waals surface area (Å²) in [5.74, 6) is 2.34. The molecular weight excluding hydrogens is 480 g/mol. The van der Waals surface area contributed by atoms with Crippen molar-refractivity contribution in [3.8, 4) is 0 Å². The Morgan fingerprint density at radius 3 is 3.06 bits per heavy atom. The minimum absolute atomic E-state index is 0.0796. The van der Waals surface area contributed by atoms with Crippen LogP contribution in [0.4, 0.5) is 0 Å². The molecule has 0 aromatic carbocycles. The van der Waals surface area contributed by atoms with E-state index in [4.69, 9.17) is 9.47 Å². The molecule has 2 nitrogen and oxygen atoms in total. The van der Waals surface area contributed by atoms with Gasteiger partial charge in [-0.25, -0.2) is 0 Å². The molecule has 2 heterocycles. The number of hydrogen-bond acceptors (Lipinski definition) is 2. The Kier molecular flexibility index (Phi) is 7.08. The Morgan fingerprint density at radius 2 is 2.35 bits per heavy atom. The minimum atomic E-state index is 0.0796. The van der Waals surface area contributed by atoms with E-state index in [2.05, 4.69) is 21.4 Å². The third-order valence-electron chi connectivity index (χ3n) is 2.57. The van der Waals surface area contributed by atoms with E-state index in [1.54, 1.807) is 9.58 Å². The van der Waals surface area contributed by atoms with E-state index in [1.165, 1.54) is 12.8 Å². The maximum absolute atomic E-state index is 5.82. The molecule has 1 aromatic heterocycles. The first-order chi connectivity index (χ1) is 8.29. The van der Waals surface area contributed by atoms with Crippen LogP contribution in [0.2, 0.25) is 5.82 Å². The van der Waals surface area contributed by atoms with Crippen LogP contribution in [0.15, 0.2) is 0 Å². The molecule has 0 saturated carbocycles. The Hall–Kier alpha value is 1.61. The van der Waals surface area contributed by atoms with Crippen molar-refractivity contribution in [3.05, 3.63) is 6.25 Å². The fraction of sp³-hybridized carbons (Fsp3) is 0.727. The third-order valence-corrected chi connectivity index (χ3v) is 14.5. The van der Waals surface area contributed by atoms with Crippen LogP contribution in [-0.2, 0) is 15.9 Å². The predicted octanol–water partition coefficient (Wildman–Crippen LogP) is -0.0356.